The smallest absolute Gasteiger partial charge is 0.0898 e. The molecule has 94 valence electrons. The van der Waals surface area contributed by atoms with Crippen LogP contribution in [-0.2, 0) is 0 Å². The number of hydrogen-bond donors (Lipinski definition) is 0. The molecule has 0 spiro atoms. The molecule has 0 unspecified atom stereocenters. The molecule has 1 heterocycles. The van der Waals surface area contributed by atoms with Crippen LogP contribution < -0.4 is 0 Å². The minimum atomic E-state index is 0.700. The largest absolute Gasteiger partial charge is 0.246 e. The van der Waals surface area contributed by atoms with Gasteiger partial charge in [0.25, 0.3) is 0 Å². The van der Waals surface area contributed by atoms with Crippen molar-refractivity contribution in [2.75, 3.05) is 0 Å². The number of halogens is 1. The average molecular weight is 268 g/mol. The summed E-state index contributed by atoms with van der Waals surface area (Å²) in [6, 6.07) is 16.4. The summed E-state index contributed by atoms with van der Waals surface area (Å²) in [7, 11) is 0. The number of benzene rings is 2. The SMILES string of the molecule is Cc1ccc(-c2nc3ccccc3cc2Cl)c(C)c1. The Morgan fingerprint density at radius 3 is 2.53 bits per heavy atom. The number of aromatic nitrogens is 1. The molecule has 0 radical (unpaired) electrons. The minimum Gasteiger partial charge on any atom is -0.246 e. The molecule has 0 atom stereocenters. The molecule has 0 amide bonds. The zero-order valence-corrected chi connectivity index (χ0v) is 11.7. The van der Waals surface area contributed by atoms with Gasteiger partial charge in [-0.2, -0.15) is 0 Å². The van der Waals surface area contributed by atoms with Gasteiger partial charge in [-0.05, 0) is 31.5 Å². The van der Waals surface area contributed by atoms with Gasteiger partial charge in [0, 0.05) is 10.9 Å². The lowest BCUT2D eigenvalue weighted by Gasteiger charge is -2.09. The lowest BCUT2D eigenvalue weighted by atomic mass is 10.0. The fourth-order valence-corrected chi connectivity index (χ4v) is 2.62. The van der Waals surface area contributed by atoms with Gasteiger partial charge in [-0.15, -0.1) is 0 Å². The van der Waals surface area contributed by atoms with Gasteiger partial charge in [-0.25, -0.2) is 4.98 Å². The first-order chi connectivity index (χ1) is 9.15. The second-order valence-corrected chi connectivity index (χ2v) is 5.24. The lowest BCUT2D eigenvalue weighted by Crippen LogP contribution is -1.90. The number of nitrogens with zero attached hydrogens (tertiary/aromatic N) is 1. The van der Waals surface area contributed by atoms with Crippen molar-refractivity contribution in [3.05, 3.63) is 64.7 Å². The van der Waals surface area contributed by atoms with Crippen LogP contribution in [0, 0.1) is 13.8 Å². The molecule has 0 fully saturated rings. The van der Waals surface area contributed by atoms with E-state index in [0.29, 0.717) is 5.02 Å². The summed E-state index contributed by atoms with van der Waals surface area (Å²) in [4.78, 5) is 4.70. The zero-order valence-electron chi connectivity index (χ0n) is 10.9. The Hall–Kier alpha value is -1.86. The van der Waals surface area contributed by atoms with Crippen molar-refractivity contribution in [2.24, 2.45) is 0 Å². The number of rotatable bonds is 1. The molecule has 2 aromatic carbocycles. The van der Waals surface area contributed by atoms with Gasteiger partial charge in [0.2, 0.25) is 0 Å². The Morgan fingerprint density at radius 2 is 1.74 bits per heavy atom. The van der Waals surface area contributed by atoms with Gasteiger partial charge in [-0.1, -0.05) is 53.6 Å². The van der Waals surface area contributed by atoms with Gasteiger partial charge < -0.3 is 0 Å². The summed E-state index contributed by atoms with van der Waals surface area (Å²) in [6.07, 6.45) is 0. The normalized spacial score (nSPS) is 10.9. The van der Waals surface area contributed by atoms with Crippen LogP contribution in [-0.4, -0.2) is 4.98 Å². The van der Waals surface area contributed by atoms with E-state index in [2.05, 4.69) is 32.0 Å². The second-order valence-electron chi connectivity index (χ2n) is 4.83. The molecule has 0 saturated heterocycles. The first-order valence-electron chi connectivity index (χ1n) is 6.28. The summed E-state index contributed by atoms with van der Waals surface area (Å²) in [5.74, 6) is 0. The maximum absolute atomic E-state index is 6.39. The molecule has 0 bridgehead atoms. The van der Waals surface area contributed by atoms with E-state index in [0.717, 1.165) is 22.2 Å². The summed E-state index contributed by atoms with van der Waals surface area (Å²) in [6.45, 7) is 4.18. The number of hydrogen-bond acceptors (Lipinski definition) is 1. The first-order valence-corrected chi connectivity index (χ1v) is 6.66. The van der Waals surface area contributed by atoms with E-state index < -0.39 is 0 Å². The van der Waals surface area contributed by atoms with E-state index in [-0.39, 0.29) is 0 Å². The summed E-state index contributed by atoms with van der Waals surface area (Å²) < 4.78 is 0. The molecule has 0 N–H and O–H groups in total. The van der Waals surface area contributed by atoms with Gasteiger partial charge in [-0.3, -0.25) is 0 Å². The molecule has 0 aliphatic rings. The highest BCUT2D eigenvalue weighted by molar-refractivity contribution is 6.33. The van der Waals surface area contributed by atoms with E-state index in [4.69, 9.17) is 16.6 Å². The third-order valence-corrected chi connectivity index (χ3v) is 3.60. The van der Waals surface area contributed by atoms with Crippen LogP contribution in [0.4, 0.5) is 0 Å². The topological polar surface area (TPSA) is 12.9 Å². The van der Waals surface area contributed by atoms with Crippen LogP contribution in [0.5, 0.6) is 0 Å². The predicted molar refractivity (Wildman–Crippen MR) is 81.7 cm³/mol. The maximum Gasteiger partial charge on any atom is 0.0898 e. The van der Waals surface area contributed by atoms with Crippen molar-refractivity contribution >= 4 is 22.5 Å². The Labute approximate surface area is 117 Å². The molecule has 1 aromatic heterocycles. The average Bonchev–Trinajstić information content (AvgIpc) is 2.38. The maximum atomic E-state index is 6.39. The van der Waals surface area contributed by atoms with Gasteiger partial charge in [0.05, 0.1) is 16.2 Å². The van der Waals surface area contributed by atoms with Crippen molar-refractivity contribution in [2.45, 2.75) is 13.8 Å². The van der Waals surface area contributed by atoms with Crippen LogP contribution in [0.2, 0.25) is 5.02 Å². The van der Waals surface area contributed by atoms with E-state index in [9.17, 15) is 0 Å². The number of fused-ring (bicyclic) bond motifs is 1. The Bertz CT molecular complexity index is 762. The van der Waals surface area contributed by atoms with Crippen LogP contribution in [0.15, 0.2) is 48.5 Å². The van der Waals surface area contributed by atoms with Crippen LogP contribution >= 0.6 is 11.6 Å². The fourth-order valence-electron chi connectivity index (χ4n) is 2.36. The molecule has 1 nitrogen and oxygen atoms in total. The number of para-hydroxylation sites is 1. The van der Waals surface area contributed by atoms with Crippen LogP contribution in [0.3, 0.4) is 0 Å². The summed E-state index contributed by atoms with van der Waals surface area (Å²) in [5.41, 5.74) is 5.38. The van der Waals surface area contributed by atoms with Crippen LogP contribution in [0.1, 0.15) is 11.1 Å². The Morgan fingerprint density at radius 1 is 0.947 bits per heavy atom. The Balaban J connectivity index is 2.27. The van der Waals surface area contributed by atoms with E-state index in [1.54, 1.807) is 0 Å². The molecular formula is C17H14ClN. The van der Waals surface area contributed by atoms with Gasteiger partial charge in [0.15, 0.2) is 0 Å². The number of aryl methyl sites for hydroxylation is 2. The van der Waals surface area contributed by atoms with E-state index in [1.807, 2.05) is 30.3 Å². The Kier molecular flexibility index (Phi) is 3.00. The summed E-state index contributed by atoms with van der Waals surface area (Å²) >= 11 is 6.39. The van der Waals surface area contributed by atoms with Crippen molar-refractivity contribution in [3.8, 4) is 11.3 Å². The molecule has 0 aliphatic carbocycles. The molecule has 3 rings (SSSR count). The quantitative estimate of drug-likeness (QED) is 0.593. The number of pyridine rings is 1. The zero-order chi connectivity index (χ0) is 13.4. The van der Waals surface area contributed by atoms with Crippen molar-refractivity contribution < 1.29 is 0 Å². The highest BCUT2D eigenvalue weighted by atomic mass is 35.5. The minimum absolute atomic E-state index is 0.700. The third kappa shape index (κ3) is 2.22. The highest BCUT2D eigenvalue weighted by Crippen LogP contribution is 2.31. The van der Waals surface area contributed by atoms with Gasteiger partial charge >= 0.3 is 0 Å². The molecule has 2 heteroatoms. The second kappa shape index (κ2) is 4.67. The molecule has 0 aliphatic heterocycles. The monoisotopic (exact) mass is 267 g/mol. The fraction of sp³-hybridized carbons (Fsp3) is 0.118. The lowest BCUT2D eigenvalue weighted by molar-refractivity contribution is 1.33. The van der Waals surface area contributed by atoms with Gasteiger partial charge in [0.1, 0.15) is 0 Å². The van der Waals surface area contributed by atoms with Crippen molar-refractivity contribution in [1.29, 1.82) is 0 Å². The summed E-state index contributed by atoms with van der Waals surface area (Å²) in [5, 5.41) is 1.77. The molecular weight excluding hydrogens is 254 g/mol. The predicted octanol–water partition coefficient (Wildman–Crippen LogP) is 5.17. The first kappa shape index (κ1) is 12.2. The molecule has 3 aromatic rings. The molecule has 19 heavy (non-hydrogen) atoms. The third-order valence-electron chi connectivity index (χ3n) is 3.31. The van der Waals surface area contributed by atoms with E-state index >= 15 is 0 Å². The van der Waals surface area contributed by atoms with Crippen LogP contribution in [0.25, 0.3) is 22.2 Å². The highest BCUT2D eigenvalue weighted by Gasteiger charge is 2.09. The van der Waals surface area contributed by atoms with Crippen molar-refractivity contribution in [3.63, 3.8) is 0 Å². The standard InChI is InChI=1S/C17H14ClN/c1-11-7-8-14(12(2)9-11)17-15(18)10-13-5-3-4-6-16(13)19-17/h3-10H,1-2H3. The van der Waals surface area contributed by atoms with Crippen molar-refractivity contribution in [1.82, 2.24) is 4.98 Å². The van der Waals surface area contributed by atoms with E-state index in [1.165, 1.54) is 11.1 Å². The molecule has 0 saturated carbocycles.